The minimum atomic E-state index is -0.0560. The highest BCUT2D eigenvalue weighted by Crippen LogP contribution is 2.29. The summed E-state index contributed by atoms with van der Waals surface area (Å²) in [6.07, 6.45) is 0.995. The molecule has 28 heavy (non-hydrogen) atoms. The Hall–Kier alpha value is -2.76. The Morgan fingerprint density at radius 1 is 1.04 bits per heavy atom. The maximum Gasteiger partial charge on any atom is 0.280 e. The predicted molar refractivity (Wildman–Crippen MR) is 112 cm³/mol. The van der Waals surface area contributed by atoms with E-state index in [0.29, 0.717) is 22.7 Å². The van der Waals surface area contributed by atoms with Crippen molar-refractivity contribution in [3.05, 3.63) is 87.8 Å². The van der Waals surface area contributed by atoms with E-state index in [9.17, 15) is 9.59 Å². The summed E-state index contributed by atoms with van der Waals surface area (Å²) in [5.41, 5.74) is 3.91. The summed E-state index contributed by atoms with van der Waals surface area (Å²) in [6, 6.07) is 19.5. The van der Waals surface area contributed by atoms with Crippen LogP contribution in [0, 0.1) is 6.92 Å². The lowest BCUT2D eigenvalue weighted by Gasteiger charge is -2.25. The summed E-state index contributed by atoms with van der Waals surface area (Å²) in [7, 11) is 0. The van der Waals surface area contributed by atoms with Crippen LogP contribution in [0.15, 0.2) is 60.7 Å². The normalized spacial score (nSPS) is 15.7. The Bertz CT molecular complexity index is 1010. The van der Waals surface area contributed by atoms with E-state index in [1.807, 2.05) is 31.2 Å². The van der Waals surface area contributed by atoms with Crippen molar-refractivity contribution in [3.63, 3.8) is 0 Å². The number of hydrogen-bond donors (Lipinski definition) is 2. The smallest absolute Gasteiger partial charge is 0.280 e. The molecule has 0 aliphatic carbocycles. The third kappa shape index (κ3) is 4.06. The topological polar surface area (TPSA) is 50.6 Å². The van der Waals surface area contributed by atoms with Crippen molar-refractivity contribution in [1.29, 1.82) is 0 Å². The van der Waals surface area contributed by atoms with E-state index in [1.54, 1.807) is 12.1 Å². The zero-order valence-corrected chi connectivity index (χ0v) is 16.6. The predicted octanol–water partition coefficient (Wildman–Crippen LogP) is 2.87. The van der Waals surface area contributed by atoms with Gasteiger partial charge in [0.15, 0.2) is 12.3 Å². The Balaban J connectivity index is 1.45. The van der Waals surface area contributed by atoms with Gasteiger partial charge in [0.25, 0.3) is 5.91 Å². The maximum atomic E-state index is 12.8. The molecule has 5 heteroatoms. The third-order valence-electron chi connectivity index (χ3n) is 5.11. The molecule has 2 aromatic carbocycles. The average molecular weight is 392 g/mol. The number of quaternary nitrogens is 1. The van der Waals surface area contributed by atoms with Crippen LogP contribution >= 0.6 is 11.3 Å². The number of ketones is 1. The summed E-state index contributed by atoms with van der Waals surface area (Å²) in [5, 5.41) is 3.64. The number of hydrogen-bond acceptors (Lipinski definition) is 3. The SMILES string of the molecule is Cc1cc(C(=O)c2ccccc2)c(NC(=O)C[NH+]2CCc3ccccc3C2)s1. The van der Waals surface area contributed by atoms with Crippen molar-refractivity contribution in [2.24, 2.45) is 0 Å². The van der Waals surface area contributed by atoms with Gasteiger partial charge < -0.3 is 10.2 Å². The van der Waals surface area contributed by atoms with Gasteiger partial charge in [-0.25, -0.2) is 0 Å². The van der Waals surface area contributed by atoms with E-state index in [1.165, 1.54) is 27.4 Å². The van der Waals surface area contributed by atoms with Gasteiger partial charge in [-0.05, 0) is 18.6 Å². The molecule has 0 fully saturated rings. The number of benzene rings is 2. The molecule has 4 nitrogen and oxygen atoms in total. The first-order valence-corrected chi connectivity index (χ1v) is 10.3. The monoisotopic (exact) mass is 391 g/mol. The highest BCUT2D eigenvalue weighted by molar-refractivity contribution is 7.16. The van der Waals surface area contributed by atoms with E-state index < -0.39 is 0 Å². The number of aryl methyl sites for hydroxylation is 1. The number of anilines is 1. The van der Waals surface area contributed by atoms with Crippen LogP contribution in [0.1, 0.15) is 31.9 Å². The molecule has 0 saturated heterocycles. The quantitative estimate of drug-likeness (QED) is 0.657. The number of rotatable bonds is 5. The first-order chi connectivity index (χ1) is 13.6. The van der Waals surface area contributed by atoms with Crippen molar-refractivity contribution in [2.45, 2.75) is 19.9 Å². The van der Waals surface area contributed by atoms with Gasteiger partial charge in [-0.15, -0.1) is 11.3 Å². The molecule has 1 aromatic heterocycles. The molecule has 4 rings (SSSR count). The average Bonchev–Trinajstić information content (AvgIpc) is 3.07. The molecule has 142 valence electrons. The largest absolute Gasteiger partial charge is 0.323 e. The molecular weight excluding hydrogens is 368 g/mol. The van der Waals surface area contributed by atoms with Crippen molar-refractivity contribution in [1.82, 2.24) is 0 Å². The Labute approximate surface area is 168 Å². The maximum absolute atomic E-state index is 12.8. The molecule has 0 spiro atoms. The lowest BCUT2D eigenvalue weighted by Crippen LogP contribution is -3.12. The summed E-state index contributed by atoms with van der Waals surface area (Å²) < 4.78 is 0. The second-order valence-corrected chi connectivity index (χ2v) is 8.47. The van der Waals surface area contributed by atoms with E-state index in [-0.39, 0.29) is 11.7 Å². The summed E-state index contributed by atoms with van der Waals surface area (Å²) in [5.74, 6) is -0.0992. The highest BCUT2D eigenvalue weighted by atomic mass is 32.1. The van der Waals surface area contributed by atoms with Crippen LogP contribution in [0.4, 0.5) is 5.00 Å². The van der Waals surface area contributed by atoms with Crippen LogP contribution in [-0.4, -0.2) is 24.8 Å². The number of nitrogens with one attached hydrogen (secondary N) is 2. The van der Waals surface area contributed by atoms with Gasteiger partial charge in [0.05, 0.1) is 12.1 Å². The van der Waals surface area contributed by atoms with E-state index in [0.717, 1.165) is 24.4 Å². The Kier molecular flexibility index (Phi) is 5.37. The number of fused-ring (bicyclic) bond motifs is 1. The third-order valence-corrected chi connectivity index (χ3v) is 6.07. The second-order valence-electron chi connectivity index (χ2n) is 7.22. The fraction of sp³-hybridized carbons (Fsp3) is 0.217. The lowest BCUT2D eigenvalue weighted by atomic mass is 10.00. The fourth-order valence-electron chi connectivity index (χ4n) is 3.71. The molecule has 1 unspecified atom stereocenters. The molecule has 0 bridgehead atoms. The van der Waals surface area contributed by atoms with Gasteiger partial charge >= 0.3 is 0 Å². The van der Waals surface area contributed by atoms with Crippen molar-refractivity contribution >= 4 is 28.0 Å². The number of amides is 1. The summed E-state index contributed by atoms with van der Waals surface area (Å²) >= 11 is 1.45. The van der Waals surface area contributed by atoms with Gasteiger partial charge in [-0.2, -0.15) is 0 Å². The Morgan fingerprint density at radius 2 is 1.75 bits per heavy atom. The van der Waals surface area contributed by atoms with Crippen LogP contribution in [0.2, 0.25) is 0 Å². The van der Waals surface area contributed by atoms with Crippen LogP contribution in [0.5, 0.6) is 0 Å². The standard InChI is InChI=1S/C23H22N2O2S/c1-16-13-20(22(27)18-8-3-2-4-9-18)23(28-16)24-21(26)15-25-12-11-17-7-5-6-10-19(17)14-25/h2-10,13H,11-12,14-15H2,1H3,(H,24,26)/p+1. The molecule has 0 radical (unpaired) electrons. The van der Waals surface area contributed by atoms with Crippen LogP contribution in [-0.2, 0) is 17.8 Å². The van der Waals surface area contributed by atoms with Crippen molar-refractivity contribution in [3.8, 4) is 0 Å². The van der Waals surface area contributed by atoms with Crippen molar-refractivity contribution in [2.75, 3.05) is 18.4 Å². The van der Waals surface area contributed by atoms with Gasteiger partial charge in [-0.1, -0.05) is 54.6 Å². The van der Waals surface area contributed by atoms with Crippen LogP contribution in [0.3, 0.4) is 0 Å². The van der Waals surface area contributed by atoms with Gasteiger partial charge in [0.2, 0.25) is 0 Å². The molecule has 2 N–H and O–H groups in total. The molecule has 1 amide bonds. The van der Waals surface area contributed by atoms with E-state index in [4.69, 9.17) is 0 Å². The van der Waals surface area contributed by atoms with Crippen molar-refractivity contribution < 1.29 is 14.5 Å². The van der Waals surface area contributed by atoms with E-state index >= 15 is 0 Å². The molecule has 3 aromatic rings. The van der Waals surface area contributed by atoms with Crippen LogP contribution < -0.4 is 10.2 Å². The zero-order valence-electron chi connectivity index (χ0n) is 15.8. The zero-order chi connectivity index (χ0) is 19.5. The van der Waals surface area contributed by atoms with Gasteiger partial charge in [-0.3, -0.25) is 9.59 Å². The van der Waals surface area contributed by atoms with Crippen LogP contribution in [0.25, 0.3) is 0 Å². The number of thiophene rings is 1. The second kappa shape index (κ2) is 8.09. The van der Waals surface area contributed by atoms with Gasteiger partial charge in [0, 0.05) is 22.4 Å². The van der Waals surface area contributed by atoms with Gasteiger partial charge in [0.1, 0.15) is 11.5 Å². The number of carbonyl (C=O) groups is 2. The minimum Gasteiger partial charge on any atom is -0.323 e. The molecular formula is C23H23N2O2S+. The minimum absolute atomic E-state index is 0.0432. The first kappa shape index (κ1) is 18.6. The molecule has 1 aliphatic heterocycles. The molecule has 2 heterocycles. The lowest BCUT2D eigenvalue weighted by molar-refractivity contribution is -0.907. The summed E-state index contributed by atoms with van der Waals surface area (Å²) in [4.78, 5) is 27.8. The highest BCUT2D eigenvalue weighted by Gasteiger charge is 2.23. The fourth-order valence-corrected chi connectivity index (χ4v) is 4.64. The number of carbonyl (C=O) groups excluding carboxylic acids is 2. The molecule has 1 aliphatic rings. The van der Waals surface area contributed by atoms with E-state index in [2.05, 4.69) is 29.6 Å². The summed E-state index contributed by atoms with van der Waals surface area (Å²) in [6.45, 7) is 4.17. The first-order valence-electron chi connectivity index (χ1n) is 9.50. The molecule has 1 atom stereocenters. The Morgan fingerprint density at radius 3 is 2.54 bits per heavy atom. The molecule has 0 saturated carbocycles.